The monoisotopic (exact) mass is 243 g/mol. The van der Waals surface area contributed by atoms with Crippen molar-refractivity contribution in [3.05, 3.63) is 0 Å². The molecule has 0 saturated carbocycles. The maximum absolute atomic E-state index is 11.4. The molecule has 1 heterocycles. The van der Waals surface area contributed by atoms with Gasteiger partial charge < -0.3 is 9.84 Å². The van der Waals surface area contributed by atoms with Gasteiger partial charge in [-0.25, -0.2) is 0 Å². The van der Waals surface area contributed by atoms with E-state index in [0.29, 0.717) is 13.2 Å². The Morgan fingerprint density at radius 2 is 2.06 bits per heavy atom. The van der Waals surface area contributed by atoms with Gasteiger partial charge in [0.2, 0.25) is 0 Å². The fraction of sp³-hybridized carbons (Fsp3) is 0.923. The molecule has 0 amide bonds. The summed E-state index contributed by atoms with van der Waals surface area (Å²) in [5.41, 5.74) is -0.866. The molecule has 0 aromatic rings. The first-order valence-electron chi connectivity index (χ1n) is 6.38. The number of carboxylic acid groups (broad SMARTS) is 1. The summed E-state index contributed by atoms with van der Waals surface area (Å²) in [6.07, 6.45) is 2.82. The number of carbonyl (C=O) groups is 1. The summed E-state index contributed by atoms with van der Waals surface area (Å²) in [7, 11) is 0. The SMILES string of the molecule is CC(C)(C)OCCN1CCCCC1(C)C(=O)O. The number of hydrogen-bond donors (Lipinski definition) is 1. The van der Waals surface area contributed by atoms with E-state index in [4.69, 9.17) is 4.74 Å². The third-order valence-corrected chi connectivity index (χ3v) is 3.40. The predicted octanol–water partition coefficient (Wildman–Crippen LogP) is 2.13. The van der Waals surface area contributed by atoms with Crippen LogP contribution in [0.15, 0.2) is 0 Å². The molecule has 0 aromatic heterocycles. The quantitative estimate of drug-likeness (QED) is 0.821. The molecule has 1 unspecified atom stereocenters. The normalized spacial score (nSPS) is 27.1. The average Bonchev–Trinajstić information content (AvgIpc) is 2.19. The minimum Gasteiger partial charge on any atom is -0.480 e. The number of ether oxygens (including phenoxy) is 1. The molecular formula is C13H25NO3. The van der Waals surface area contributed by atoms with Crippen molar-refractivity contribution in [1.29, 1.82) is 0 Å². The van der Waals surface area contributed by atoms with Gasteiger partial charge in [-0.05, 0) is 53.5 Å². The second-order valence-corrected chi connectivity index (χ2v) is 5.98. The summed E-state index contributed by atoms with van der Waals surface area (Å²) in [6, 6.07) is 0. The van der Waals surface area contributed by atoms with Crippen molar-refractivity contribution in [3.8, 4) is 0 Å². The molecular weight excluding hydrogens is 218 g/mol. The van der Waals surface area contributed by atoms with Gasteiger partial charge in [0.1, 0.15) is 5.54 Å². The van der Waals surface area contributed by atoms with Crippen LogP contribution in [0.4, 0.5) is 0 Å². The first kappa shape index (κ1) is 14.5. The second kappa shape index (κ2) is 5.36. The van der Waals surface area contributed by atoms with Crippen molar-refractivity contribution < 1.29 is 14.6 Å². The molecule has 1 aliphatic rings. The van der Waals surface area contributed by atoms with Gasteiger partial charge >= 0.3 is 5.97 Å². The summed E-state index contributed by atoms with van der Waals surface area (Å²) in [5.74, 6) is -0.715. The number of nitrogens with zero attached hydrogens (tertiary/aromatic N) is 1. The van der Waals surface area contributed by atoms with E-state index in [1.165, 1.54) is 0 Å². The van der Waals surface area contributed by atoms with Gasteiger partial charge in [-0.2, -0.15) is 0 Å². The van der Waals surface area contributed by atoms with Crippen molar-refractivity contribution in [2.75, 3.05) is 19.7 Å². The highest BCUT2D eigenvalue weighted by Crippen LogP contribution is 2.27. The van der Waals surface area contributed by atoms with Crippen LogP contribution in [0, 0.1) is 0 Å². The topological polar surface area (TPSA) is 49.8 Å². The van der Waals surface area contributed by atoms with Crippen LogP contribution in [0.1, 0.15) is 47.0 Å². The average molecular weight is 243 g/mol. The van der Waals surface area contributed by atoms with Crippen LogP contribution in [-0.2, 0) is 9.53 Å². The zero-order valence-corrected chi connectivity index (χ0v) is 11.5. The van der Waals surface area contributed by atoms with Crippen LogP contribution >= 0.6 is 0 Å². The third kappa shape index (κ3) is 3.96. The fourth-order valence-electron chi connectivity index (χ4n) is 2.24. The lowest BCUT2D eigenvalue weighted by Gasteiger charge is -2.41. The van der Waals surface area contributed by atoms with Gasteiger partial charge in [0.25, 0.3) is 0 Å². The van der Waals surface area contributed by atoms with E-state index in [9.17, 15) is 9.90 Å². The van der Waals surface area contributed by atoms with Crippen LogP contribution in [0.2, 0.25) is 0 Å². The Kier molecular flexibility index (Phi) is 4.55. The molecule has 1 atom stereocenters. The molecule has 1 aliphatic heterocycles. The van der Waals surface area contributed by atoms with E-state index in [0.717, 1.165) is 25.8 Å². The van der Waals surface area contributed by atoms with Gasteiger partial charge in [-0.15, -0.1) is 0 Å². The molecule has 0 bridgehead atoms. The molecule has 0 radical (unpaired) electrons. The molecule has 100 valence electrons. The first-order valence-corrected chi connectivity index (χ1v) is 6.38. The number of hydrogen-bond acceptors (Lipinski definition) is 3. The molecule has 0 spiro atoms. The molecule has 4 heteroatoms. The largest absolute Gasteiger partial charge is 0.480 e. The lowest BCUT2D eigenvalue weighted by atomic mass is 9.88. The lowest BCUT2D eigenvalue weighted by molar-refractivity contribution is -0.154. The smallest absolute Gasteiger partial charge is 0.323 e. The van der Waals surface area contributed by atoms with E-state index >= 15 is 0 Å². The fourth-order valence-corrected chi connectivity index (χ4v) is 2.24. The molecule has 1 fully saturated rings. The van der Waals surface area contributed by atoms with Crippen molar-refractivity contribution >= 4 is 5.97 Å². The summed E-state index contributed by atoms with van der Waals surface area (Å²) < 4.78 is 5.67. The number of carboxylic acids is 1. The molecule has 4 nitrogen and oxygen atoms in total. The van der Waals surface area contributed by atoms with Crippen molar-refractivity contribution in [2.45, 2.75) is 58.1 Å². The third-order valence-electron chi connectivity index (χ3n) is 3.40. The molecule has 1 N–H and O–H groups in total. The predicted molar refractivity (Wildman–Crippen MR) is 67.2 cm³/mol. The van der Waals surface area contributed by atoms with Crippen molar-refractivity contribution in [2.24, 2.45) is 0 Å². The Hall–Kier alpha value is -0.610. The number of rotatable bonds is 4. The molecule has 0 aromatic carbocycles. The van der Waals surface area contributed by atoms with E-state index < -0.39 is 11.5 Å². The summed E-state index contributed by atoms with van der Waals surface area (Å²) >= 11 is 0. The minimum atomic E-state index is -0.715. The maximum Gasteiger partial charge on any atom is 0.323 e. The van der Waals surface area contributed by atoms with Crippen molar-refractivity contribution in [3.63, 3.8) is 0 Å². The number of piperidine rings is 1. The summed E-state index contributed by atoms with van der Waals surface area (Å²) in [6.45, 7) is 10.0. The van der Waals surface area contributed by atoms with E-state index in [-0.39, 0.29) is 5.60 Å². The van der Waals surface area contributed by atoms with Crippen LogP contribution in [0.3, 0.4) is 0 Å². The first-order chi connectivity index (χ1) is 7.76. The van der Waals surface area contributed by atoms with Crippen LogP contribution in [0.5, 0.6) is 0 Å². The van der Waals surface area contributed by atoms with E-state index in [1.807, 2.05) is 32.6 Å². The zero-order valence-electron chi connectivity index (χ0n) is 11.5. The Morgan fingerprint density at radius 1 is 1.41 bits per heavy atom. The lowest BCUT2D eigenvalue weighted by Crippen LogP contribution is -2.56. The highest BCUT2D eigenvalue weighted by Gasteiger charge is 2.40. The zero-order chi connectivity index (χ0) is 13.1. The van der Waals surface area contributed by atoms with Gasteiger partial charge in [-0.1, -0.05) is 0 Å². The number of aliphatic carboxylic acids is 1. The summed E-state index contributed by atoms with van der Waals surface area (Å²) in [5, 5.41) is 9.34. The van der Waals surface area contributed by atoms with Gasteiger partial charge in [0.05, 0.1) is 12.2 Å². The highest BCUT2D eigenvalue weighted by atomic mass is 16.5. The van der Waals surface area contributed by atoms with Crippen LogP contribution < -0.4 is 0 Å². The van der Waals surface area contributed by atoms with Gasteiger partial charge in [-0.3, -0.25) is 9.69 Å². The maximum atomic E-state index is 11.4. The second-order valence-electron chi connectivity index (χ2n) is 5.98. The van der Waals surface area contributed by atoms with Crippen LogP contribution in [0.25, 0.3) is 0 Å². The molecule has 0 aliphatic carbocycles. The Labute approximate surface area is 104 Å². The molecule has 17 heavy (non-hydrogen) atoms. The van der Waals surface area contributed by atoms with Gasteiger partial charge in [0, 0.05) is 6.54 Å². The summed E-state index contributed by atoms with van der Waals surface area (Å²) in [4.78, 5) is 13.4. The minimum absolute atomic E-state index is 0.157. The van der Waals surface area contributed by atoms with Gasteiger partial charge in [0.15, 0.2) is 0 Å². The highest BCUT2D eigenvalue weighted by molar-refractivity contribution is 5.78. The molecule has 1 rings (SSSR count). The Bertz CT molecular complexity index is 272. The molecule has 1 saturated heterocycles. The Morgan fingerprint density at radius 3 is 2.59 bits per heavy atom. The van der Waals surface area contributed by atoms with E-state index in [2.05, 4.69) is 0 Å². The Balaban J connectivity index is 2.52. The van der Waals surface area contributed by atoms with Crippen LogP contribution in [-0.4, -0.2) is 46.8 Å². The standard InChI is InChI=1S/C13H25NO3/c1-12(2,3)17-10-9-14-8-6-5-7-13(14,4)11(15)16/h5-10H2,1-4H3,(H,15,16). The number of likely N-dealkylation sites (tertiary alicyclic amines) is 1. The van der Waals surface area contributed by atoms with E-state index in [1.54, 1.807) is 0 Å². The van der Waals surface area contributed by atoms with Crippen molar-refractivity contribution in [1.82, 2.24) is 4.90 Å².